The number of rotatable bonds is 4. The second-order valence-electron chi connectivity index (χ2n) is 6.29. The number of hydrogen-bond acceptors (Lipinski definition) is 4. The summed E-state index contributed by atoms with van der Waals surface area (Å²) in [6.07, 6.45) is 3.60. The molecule has 1 aliphatic rings. The van der Waals surface area contributed by atoms with E-state index in [0.717, 1.165) is 22.3 Å². The average Bonchev–Trinajstić information content (AvgIpc) is 3.03. The molecule has 1 aliphatic carbocycles. The quantitative estimate of drug-likeness (QED) is 0.685. The van der Waals surface area contributed by atoms with E-state index in [0.29, 0.717) is 5.25 Å². The highest BCUT2D eigenvalue weighted by Gasteiger charge is 2.23. The van der Waals surface area contributed by atoms with Crippen molar-refractivity contribution in [3.05, 3.63) is 59.7 Å². The lowest BCUT2D eigenvalue weighted by atomic mass is 9.91. The van der Waals surface area contributed by atoms with E-state index in [-0.39, 0.29) is 0 Å². The number of fused-ring (bicyclic) bond motifs is 1. The van der Waals surface area contributed by atoms with Crippen molar-refractivity contribution in [1.29, 1.82) is 0 Å². The van der Waals surface area contributed by atoms with E-state index in [1.165, 1.54) is 30.4 Å². The van der Waals surface area contributed by atoms with Crippen LogP contribution in [0.25, 0.3) is 11.4 Å². The van der Waals surface area contributed by atoms with Crippen LogP contribution in [0, 0.1) is 0 Å². The number of ether oxygens (including phenoxy) is 1. The summed E-state index contributed by atoms with van der Waals surface area (Å²) in [4.78, 5) is 0. The molecule has 5 heteroatoms. The smallest absolute Gasteiger partial charge is 0.191 e. The van der Waals surface area contributed by atoms with E-state index in [1.807, 2.05) is 43.1 Å². The maximum atomic E-state index is 5.23. The summed E-state index contributed by atoms with van der Waals surface area (Å²) in [6, 6.07) is 16.7. The zero-order valence-corrected chi connectivity index (χ0v) is 15.3. The Kier molecular flexibility index (Phi) is 4.49. The molecule has 1 aromatic heterocycles. The molecule has 2 aromatic carbocycles. The Bertz CT molecular complexity index is 873. The molecule has 4 rings (SSSR count). The molecule has 1 heterocycles. The highest BCUT2D eigenvalue weighted by molar-refractivity contribution is 7.99. The molecule has 1 atom stereocenters. The fourth-order valence-electron chi connectivity index (χ4n) is 3.37. The molecule has 25 heavy (non-hydrogen) atoms. The summed E-state index contributed by atoms with van der Waals surface area (Å²) in [5, 5.41) is 10.3. The molecule has 0 unspecified atom stereocenters. The monoisotopic (exact) mass is 351 g/mol. The van der Waals surface area contributed by atoms with Crippen molar-refractivity contribution in [2.45, 2.75) is 29.7 Å². The van der Waals surface area contributed by atoms with Crippen LogP contribution in [-0.4, -0.2) is 21.9 Å². The van der Waals surface area contributed by atoms with Crippen molar-refractivity contribution in [2.75, 3.05) is 7.11 Å². The zero-order chi connectivity index (χ0) is 17.2. The van der Waals surface area contributed by atoms with Gasteiger partial charge in [-0.2, -0.15) is 0 Å². The standard InChI is InChI=1S/C20H21N3OS/c1-23-19(15-10-12-16(24-2)13-11-15)21-22-20(23)25-18-9-5-7-14-6-3-4-8-17(14)18/h3-4,6,8,10-13,18H,5,7,9H2,1-2H3/t18-/m1/s1. The minimum Gasteiger partial charge on any atom is -0.497 e. The molecule has 0 saturated carbocycles. The van der Waals surface area contributed by atoms with Crippen molar-refractivity contribution >= 4 is 11.8 Å². The van der Waals surface area contributed by atoms with Gasteiger partial charge in [0.15, 0.2) is 11.0 Å². The number of nitrogens with zero attached hydrogens (tertiary/aromatic N) is 3. The number of thioether (sulfide) groups is 1. The molecular formula is C20H21N3OS. The molecule has 3 aromatic rings. The SMILES string of the molecule is COc1ccc(-c2nnc(S[C@@H]3CCCc4ccccc43)n2C)cc1. The fourth-order valence-corrected chi connectivity index (χ4v) is 4.60. The maximum absolute atomic E-state index is 5.23. The van der Waals surface area contributed by atoms with Gasteiger partial charge in [0, 0.05) is 17.9 Å². The number of hydrogen-bond donors (Lipinski definition) is 0. The Morgan fingerprint density at radius 2 is 1.88 bits per heavy atom. The topological polar surface area (TPSA) is 39.9 Å². The average molecular weight is 351 g/mol. The van der Waals surface area contributed by atoms with E-state index in [1.54, 1.807) is 7.11 Å². The largest absolute Gasteiger partial charge is 0.497 e. The minimum atomic E-state index is 0.455. The number of methoxy groups -OCH3 is 1. The summed E-state index contributed by atoms with van der Waals surface area (Å²) in [6.45, 7) is 0. The van der Waals surface area contributed by atoms with Crippen molar-refractivity contribution in [2.24, 2.45) is 7.05 Å². The third-order valence-corrected chi connectivity index (χ3v) is 6.09. The van der Waals surface area contributed by atoms with Crippen LogP contribution in [-0.2, 0) is 13.5 Å². The molecule has 0 aliphatic heterocycles. The molecule has 4 nitrogen and oxygen atoms in total. The molecule has 0 saturated heterocycles. The predicted molar refractivity (Wildman–Crippen MR) is 101 cm³/mol. The molecule has 0 spiro atoms. The number of aryl methyl sites for hydroxylation is 1. The Morgan fingerprint density at radius 1 is 1.08 bits per heavy atom. The Balaban J connectivity index is 1.60. The first-order valence-corrected chi connectivity index (χ1v) is 9.42. The van der Waals surface area contributed by atoms with Crippen LogP contribution in [0.4, 0.5) is 0 Å². The van der Waals surface area contributed by atoms with Crippen molar-refractivity contribution in [1.82, 2.24) is 14.8 Å². The number of benzene rings is 2. The van der Waals surface area contributed by atoms with Crippen LogP contribution in [0.1, 0.15) is 29.2 Å². The van der Waals surface area contributed by atoms with E-state index in [9.17, 15) is 0 Å². The van der Waals surface area contributed by atoms with Crippen LogP contribution < -0.4 is 4.74 Å². The lowest BCUT2D eigenvalue weighted by molar-refractivity contribution is 0.415. The summed E-state index contributed by atoms with van der Waals surface area (Å²) >= 11 is 1.82. The van der Waals surface area contributed by atoms with Crippen LogP contribution >= 0.6 is 11.8 Å². The van der Waals surface area contributed by atoms with Gasteiger partial charge in [-0.25, -0.2) is 0 Å². The van der Waals surface area contributed by atoms with Crippen LogP contribution in [0.3, 0.4) is 0 Å². The van der Waals surface area contributed by atoms with Crippen LogP contribution in [0.2, 0.25) is 0 Å². The van der Waals surface area contributed by atoms with E-state index >= 15 is 0 Å². The highest BCUT2D eigenvalue weighted by atomic mass is 32.2. The second-order valence-corrected chi connectivity index (χ2v) is 7.46. The van der Waals surface area contributed by atoms with Gasteiger partial charge in [0.1, 0.15) is 5.75 Å². The van der Waals surface area contributed by atoms with Gasteiger partial charge in [0.05, 0.1) is 7.11 Å². The first kappa shape index (κ1) is 16.2. The first-order valence-electron chi connectivity index (χ1n) is 8.54. The number of aromatic nitrogens is 3. The van der Waals surface area contributed by atoms with Gasteiger partial charge < -0.3 is 9.30 Å². The van der Waals surface area contributed by atoms with Crippen molar-refractivity contribution in [3.63, 3.8) is 0 Å². The van der Waals surface area contributed by atoms with Crippen LogP contribution in [0.5, 0.6) is 5.75 Å². The van der Waals surface area contributed by atoms with Gasteiger partial charge in [-0.15, -0.1) is 10.2 Å². The molecule has 0 bridgehead atoms. The molecule has 0 amide bonds. The van der Waals surface area contributed by atoms with Gasteiger partial charge in [-0.3, -0.25) is 0 Å². The Morgan fingerprint density at radius 3 is 2.68 bits per heavy atom. The fraction of sp³-hybridized carbons (Fsp3) is 0.300. The zero-order valence-electron chi connectivity index (χ0n) is 14.5. The first-order chi connectivity index (χ1) is 12.3. The Hall–Kier alpha value is -2.27. The van der Waals surface area contributed by atoms with Crippen molar-refractivity contribution < 1.29 is 4.74 Å². The van der Waals surface area contributed by atoms with Gasteiger partial charge in [0.2, 0.25) is 0 Å². The molecule has 0 radical (unpaired) electrons. The summed E-state index contributed by atoms with van der Waals surface area (Å²) in [7, 11) is 3.71. The minimum absolute atomic E-state index is 0.455. The van der Waals surface area contributed by atoms with E-state index in [2.05, 4.69) is 39.0 Å². The van der Waals surface area contributed by atoms with E-state index in [4.69, 9.17) is 4.74 Å². The van der Waals surface area contributed by atoms with Gasteiger partial charge in [-0.05, 0) is 54.7 Å². The third-order valence-electron chi connectivity index (χ3n) is 4.75. The molecular weight excluding hydrogens is 330 g/mol. The summed E-state index contributed by atoms with van der Waals surface area (Å²) in [5.74, 6) is 1.73. The van der Waals surface area contributed by atoms with E-state index < -0.39 is 0 Å². The lowest BCUT2D eigenvalue weighted by Crippen LogP contribution is -2.07. The van der Waals surface area contributed by atoms with Crippen molar-refractivity contribution in [3.8, 4) is 17.1 Å². The lowest BCUT2D eigenvalue weighted by Gasteiger charge is -2.24. The summed E-state index contributed by atoms with van der Waals surface area (Å²) < 4.78 is 7.31. The maximum Gasteiger partial charge on any atom is 0.191 e. The summed E-state index contributed by atoms with van der Waals surface area (Å²) in [5.41, 5.74) is 3.98. The van der Waals surface area contributed by atoms with Gasteiger partial charge in [0.25, 0.3) is 0 Å². The highest BCUT2D eigenvalue weighted by Crippen LogP contribution is 2.43. The predicted octanol–water partition coefficient (Wildman–Crippen LogP) is 4.66. The molecule has 0 N–H and O–H groups in total. The molecule has 128 valence electrons. The molecule has 0 fully saturated rings. The second kappa shape index (κ2) is 6.92. The van der Waals surface area contributed by atoms with Gasteiger partial charge in [-0.1, -0.05) is 36.0 Å². The van der Waals surface area contributed by atoms with Gasteiger partial charge >= 0.3 is 0 Å². The third kappa shape index (κ3) is 3.16. The van der Waals surface area contributed by atoms with Crippen LogP contribution in [0.15, 0.2) is 53.7 Å². The Labute approximate surface area is 152 Å². The normalized spacial score (nSPS) is 16.5.